The Bertz CT molecular complexity index is 511. The van der Waals surface area contributed by atoms with Crippen LogP contribution in [0.2, 0.25) is 5.02 Å². The van der Waals surface area contributed by atoms with Crippen molar-refractivity contribution >= 4 is 30.2 Å². The minimum absolute atomic E-state index is 0.144. The molecule has 0 aliphatic carbocycles. The van der Waals surface area contributed by atoms with Crippen molar-refractivity contribution in [1.82, 2.24) is 0 Å². The first-order valence-corrected chi connectivity index (χ1v) is 6.40. The number of rotatable bonds is 2. The molecule has 2 rings (SSSR count). The number of aromatic carboxylic acids is 1. The molecule has 1 aromatic rings. The third-order valence-electron chi connectivity index (χ3n) is 3.75. The Hall–Kier alpha value is -1.04. The van der Waals surface area contributed by atoms with Gasteiger partial charge in [0.05, 0.1) is 16.8 Å². The maximum atomic E-state index is 10.9. The Morgan fingerprint density at radius 3 is 2.16 bits per heavy atom. The Kier molecular flexibility index (Phi) is 3.41. The van der Waals surface area contributed by atoms with Crippen molar-refractivity contribution in [2.75, 3.05) is 0 Å². The normalized spacial score (nSPS) is 20.6. The third kappa shape index (κ3) is 2.50. The van der Waals surface area contributed by atoms with Gasteiger partial charge in [0.25, 0.3) is 0 Å². The molecule has 0 unspecified atom stereocenters. The lowest BCUT2D eigenvalue weighted by Crippen LogP contribution is -2.41. The van der Waals surface area contributed by atoms with E-state index < -0.39 is 24.3 Å². The molecule has 1 heterocycles. The van der Waals surface area contributed by atoms with E-state index in [1.54, 1.807) is 6.07 Å². The summed E-state index contributed by atoms with van der Waals surface area (Å²) in [5, 5.41) is 9.24. The number of carboxylic acids is 1. The highest BCUT2D eigenvalue weighted by Crippen LogP contribution is 2.37. The first-order valence-electron chi connectivity index (χ1n) is 6.02. The smallest absolute Gasteiger partial charge is 0.478 e. The lowest BCUT2D eigenvalue weighted by atomic mass is 9.78. The van der Waals surface area contributed by atoms with Crippen LogP contribution in [0.15, 0.2) is 18.2 Å². The second kappa shape index (κ2) is 4.51. The fourth-order valence-corrected chi connectivity index (χ4v) is 2.09. The van der Waals surface area contributed by atoms with Crippen LogP contribution in [0.3, 0.4) is 0 Å². The molecular weight excluding hydrogens is 266 g/mol. The zero-order valence-corrected chi connectivity index (χ0v) is 12.1. The maximum Gasteiger partial charge on any atom is 0.496 e. The van der Waals surface area contributed by atoms with E-state index in [-0.39, 0.29) is 5.56 Å². The average Bonchev–Trinajstić information content (AvgIpc) is 2.47. The molecule has 1 aliphatic rings. The van der Waals surface area contributed by atoms with E-state index in [0.29, 0.717) is 10.5 Å². The number of carbonyl (C=O) groups is 1. The van der Waals surface area contributed by atoms with Gasteiger partial charge >= 0.3 is 13.1 Å². The van der Waals surface area contributed by atoms with Gasteiger partial charge in [0.1, 0.15) is 0 Å². The van der Waals surface area contributed by atoms with E-state index in [2.05, 4.69) is 0 Å². The van der Waals surface area contributed by atoms with Gasteiger partial charge in [-0.25, -0.2) is 4.79 Å². The summed E-state index contributed by atoms with van der Waals surface area (Å²) >= 11 is 6.12. The van der Waals surface area contributed by atoms with E-state index >= 15 is 0 Å². The minimum Gasteiger partial charge on any atom is -0.478 e. The molecule has 1 fully saturated rings. The Labute approximate surface area is 117 Å². The van der Waals surface area contributed by atoms with E-state index in [1.165, 1.54) is 12.1 Å². The van der Waals surface area contributed by atoms with E-state index in [4.69, 9.17) is 26.0 Å². The summed E-state index contributed by atoms with van der Waals surface area (Å²) in [6.45, 7) is 7.80. The van der Waals surface area contributed by atoms with Crippen LogP contribution in [0.1, 0.15) is 38.1 Å². The summed E-state index contributed by atoms with van der Waals surface area (Å²) in [4.78, 5) is 10.9. The summed E-state index contributed by atoms with van der Waals surface area (Å²) in [6.07, 6.45) is 0. The van der Waals surface area contributed by atoms with Crippen LogP contribution in [0, 0.1) is 0 Å². The third-order valence-corrected chi connectivity index (χ3v) is 4.08. The van der Waals surface area contributed by atoms with Crippen molar-refractivity contribution in [2.45, 2.75) is 38.9 Å². The van der Waals surface area contributed by atoms with Crippen molar-refractivity contribution in [2.24, 2.45) is 0 Å². The second-order valence-corrected chi connectivity index (χ2v) is 6.04. The first kappa shape index (κ1) is 14.4. The Morgan fingerprint density at radius 2 is 1.74 bits per heavy atom. The Morgan fingerprint density at radius 1 is 1.21 bits per heavy atom. The number of benzene rings is 1. The molecule has 1 N–H and O–H groups in total. The van der Waals surface area contributed by atoms with Crippen molar-refractivity contribution in [3.05, 3.63) is 28.8 Å². The molecule has 0 spiro atoms. The number of hydrogen-bond donors (Lipinski definition) is 1. The average molecular weight is 283 g/mol. The molecule has 0 aromatic heterocycles. The predicted octanol–water partition coefficient (Wildman–Crippen LogP) is 2.34. The Balaban J connectivity index is 2.33. The fraction of sp³-hybridized carbons (Fsp3) is 0.462. The highest BCUT2D eigenvalue weighted by Gasteiger charge is 2.52. The molecule has 6 heteroatoms. The van der Waals surface area contributed by atoms with Gasteiger partial charge in [0.2, 0.25) is 0 Å². The number of hydrogen-bond acceptors (Lipinski definition) is 3. The van der Waals surface area contributed by atoms with E-state index in [0.717, 1.165) is 0 Å². The van der Waals surface area contributed by atoms with Crippen LogP contribution in [0.25, 0.3) is 0 Å². The van der Waals surface area contributed by atoms with Crippen LogP contribution in [0.4, 0.5) is 0 Å². The van der Waals surface area contributed by atoms with Crippen LogP contribution >= 0.6 is 11.6 Å². The van der Waals surface area contributed by atoms with Gasteiger partial charge in [0.15, 0.2) is 0 Å². The van der Waals surface area contributed by atoms with Gasteiger partial charge in [0, 0.05) is 10.5 Å². The van der Waals surface area contributed by atoms with Gasteiger partial charge in [-0.3, -0.25) is 0 Å². The summed E-state index contributed by atoms with van der Waals surface area (Å²) in [7, 11) is -0.583. The summed E-state index contributed by atoms with van der Waals surface area (Å²) in [5.41, 5.74) is -0.116. The second-order valence-electron chi connectivity index (χ2n) is 5.63. The van der Waals surface area contributed by atoms with Crippen molar-refractivity contribution in [3.63, 3.8) is 0 Å². The van der Waals surface area contributed by atoms with Crippen LogP contribution in [0.5, 0.6) is 0 Å². The van der Waals surface area contributed by atoms with Crippen molar-refractivity contribution in [1.29, 1.82) is 0 Å². The molecule has 0 radical (unpaired) electrons. The molecule has 0 bridgehead atoms. The fourth-order valence-electron chi connectivity index (χ4n) is 1.82. The van der Waals surface area contributed by atoms with Crippen LogP contribution < -0.4 is 5.46 Å². The van der Waals surface area contributed by atoms with Gasteiger partial charge in [-0.15, -0.1) is 0 Å². The molecule has 0 saturated carbocycles. The standard InChI is InChI=1S/C13H16BClO4/c1-12(2)13(3,4)19-14(18-12)9-6-5-8(11(16)17)7-10(9)15/h5-7H,1-4H3,(H,16,17). The van der Waals surface area contributed by atoms with Gasteiger partial charge < -0.3 is 14.4 Å². The molecule has 102 valence electrons. The highest BCUT2D eigenvalue weighted by atomic mass is 35.5. The zero-order chi connectivity index (χ0) is 14.4. The first-order chi connectivity index (χ1) is 8.64. The summed E-state index contributed by atoms with van der Waals surface area (Å²) in [5.74, 6) is -1.01. The van der Waals surface area contributed by atoms with Gasteiger partial charge in [-0.2, -0.15) is 0 Å². The molecule has 1 saturated heterocycles. The van der Waals surface area contributed by atoms with Gasteiger partial charge in [-0.05, 0) is 39.8 Å². The number of carboxylic acid groups (broad SMARTS) is 1. The quantitative estimate of drug-likeness (QED) is 0.846. The molecule has 4 nitrogen and oxygen atoms in total. The summed E-state index contributed by atoms with van der Waals surface area (Å²) in [6, 6.07) is 4.53. The largest absolute Gasteiger partial charge is 0.496 e. The minimum atomic E-state index is -1.01. The van der Waals surface area contributed by atoms with Crippen LogP contribution in [-0.4, -0.2) is 29.4 Å². The predicted molar refractivity (Wildman–Crippen MR) is 74.1 cm³/mol. The molecule has 19 heavy (non-hydrogen) atoms. The number of halogens is 1. The van der Waals surface area contributed by atoms with E-state index in [1.807, 2.05) is 27.7 Å². The topological polar surface area (TPSA) is 55.8 Å². The molecule has 1 aromatic carbocycles. The van der Waals surface area contributed by atoms with Gasteiger partial charge in [-0.1, -0.05) is 17.7 Å². The van der Waals surface area contributed by atoms with E-state index in [9.17, 15) is 4.79 Å². The molecule has 0 atom stereocenters. The SMILES string of the molecule is CC1(C)OB(c2ccc(C(=O)O)cc2Cl)OC1(C)C. The maximum absolute atomic E-state index is 10.9. The lowest BCUT2D eigenvalue weighted by Gasteiger charge is -2.32. The van der Waals surface area contributed by atoms with Crippen molar-refractivity contribution < 1.29 is 19.2 Å². The molecular formula is C13H16BClO4. The zero-order valence-electron chi connectivity index (χ0n) is 11.4. The van der Waals surface area contributed by atoms with Crippen molar-refractivity contribution in [3.8, 4) is 0 Å². The van der Waals surface area contributed by atoms with Crippen LogP contribution in [-0.2, 0) is 9.31 Å². The highest BCUT2D eigenvalue weighted by molar-refractivity contribution is 6.65. The molecule has 1 aliphatic heterocycles. The summed E-state index contributed by atoms with van der Waals surface area (Å²) < 4.78 is 11.8. The lowest BCUT2D eigenvalue weighted by molar-refractivity contribution is 0.00578. The monoisotopic (exact) mass is 282 g/mol. The molecule has 0 amide bonds.